The summed E-state index contributed by atoms with van der Waals surface area (Å²) in [7, 11) is 0. The van der Waals surface area contributed by atoms with Crippen molar-refractivity contribution in [2.24, 2.45) is 0 Å². The second-order valence-corrected chi connectivity index (χ2v) is 5.07. The van der Waals surface area contributed by atoms with Crippen molar-refractivity contribution in [3.05, 3.63) is 0 Å². The van der Waals surface area contributed by atoms with Crippen LogP contribution in [0.4, 0.5) is 0 Å². The average molecular weight is 217 g/mol. The van der Waals surface area contributed by atoms with Crippen LogP contribution in [-0.4, -0.2) is 46.1 Å². The predicted molar refractivity (Wildman–Crippen MR) is 59.8 cm³/mol. The molecule has 0 aromatic heterocycles. The van der Waals surface area contributed by atoms with Crippen LogP contribution in [0, 0.1) is 0 Å². The minimum absolute atomic E-state index is 0.319. The topological polar surface area (TPSA) is 40.5 Å². The van der Waals surface area contributed by atoms with Crippen LogP contribution in [0.25, 0.3) is 0 Å². The second kappa shape index (κ2) is 5.61. The van der Waals surface area contributed by atoms with Gasteiger partial charge in [0.15, 0.2) is 0 Å². The summed E-state index contributed by atoms with van der Waals surface area (Å²) >= 11 is 1.88. The number of hydrogen-bond acceptors (Lipinski definition) is 3. The highest BCUT2D eigenvalue weighted by Gasteiger charge is 2.34. The van der Waals surface area contributed by atoms with Crippen molar-refractivity contribution < 1.29 is 9.90 Å². The molecular weight excluding hydrogens is 198 g/mol. The van der Waals surface area contributed by atoms with Crippen molar-refractivity contribution >= 4 is 17.7 Å². The smallest absolute Gasteiger partial charge is 0.320 e. The summed E-state index contributed by atoms with van der Waals surface area (Å²) in [5.74, 6) is 1.46. The molecule has 1 fully saturated rings. The molecule has 0 aliphatic heterocycles. The van der Waals surface area contributed by atoms with E-state index in [0.29, 0.717) is 6.04 Å². The monoisotopic (exact) mass is 217 g/mol. The number of carboxylic acid groups (broad SMARTS) is 1. The van der Waals surface area contributed by atoms with Crippen molar-refractivity contribution in [2.45, 2.75) is 38.8 Å². The maximum absolute atomic E-state index is 10.9. The molecule has 1 aliphatic carbocycles. The SMILES string of the molecule is CCSCCN(C1CC1)C(C)C(=O)O. The molecular formula is C10H19NO2S. The molecule has 0 aromatic rings. The van der Waals surface area contributed by atoms with E-state index in [9.17, 15) is 4.79 Å². The van der Waals surface area contributed by atoms with E-state index in [4.69, 9.17) is 5.11 Å². The van der Waals surface area contributed by atoms with Crippen LogP contribution in [0.15, 0.2) is 0 Å². The van der Waals surface area contributed by atoms with E-state index in [0.717, 1.165) is 18.1 Å². The normalized spacial score (nSPS) is 18.5. The summed E-state index contributed by atoms with van der Waals surface area (Å²) in [6.45, 7) is 4.83. The maximum atomic E-state index is 10.9. The molecule has 1 unspecified atom stereocenters. The molecule has 1 rings (SSSR count). The third-order valence-electron chi connectivity index (χ3n) is 2.57. The lowest BCUT2D eigenvalue weighted by molar-refractivity contribution is -0.142. The van der Waals surface area contributed by atoms with Gasteiger partial charge in [0.25, 0.3) is 0 Å². The third kappa shape index (κ3) is 3.50. The standard InChI is InChI=1S/C10H19NO2S/c1-3-14-7-6-11(9-4-5-9)8(2)10(12)13/h8-9H,3-7H2,1-2H3,(H,12,13). The van der Waals surface area contributed by atoms with Gasteiger partial charge in [0.1, 0.15) is 6.04 Å². The summed E-state index contributed by atoms with van der Waals surface area (Å²) in [6, 6.07) is 0.221. The number of carboxylic acids is 1. The second-order valence-electron chi connectivity index (χ2n) is 3.68. The van der Waals surface area contributed by atoms with Gasteiger partial charge in [-0.1, -0.05) is 6.92 Å². The van der Waals surface area contributed by atoms with Gasteiger partial charge in [-0.3, -0.25) is 9.69 Å². The van der Waals surface area contributed by atoms with Crippen LogP contribution < -0.4 is 0 Å². The first kappa shape index (κ1) is 11.9. The minimum atomic E-state index is -0.696. The van der Waals surface area contributed by atoms with E-state index in [1.54, 1.807) is 6.92 Å². The minimum Gasteiger partial charge on any atom is -0.480 e. The Kier molecular flexibility index (Phi) is 4.75. The molecule has 1 aliphatic rings. The Morgan fingerprint density at radius 1 is 1.64 bits per heavy atom. The van der Waals surface area contributed by atoms with Crippen molar-refractivity contribution in [2.75, 3.05) is 18.1 Å². The highest BCUT2D eigenvalue weighted by atomic mass is 32.2. The molecule has 4 heteroatoms. The molecule has 0 radical (unpaired) electrons. The molecule has 1 saturated carbocycles. The lowest BCUT2D eigenvalue weighted by Crippen LogP contribution is -2.41. The molecule has 0 aromatic carbocycles. The fourth-order valence-corrected chi connectivity index (χ4v) is 2.18. The van der Waals surface area contributed by atoms with Crippen LogP contribution in [-0.2, 0) is 4.79 Å². The number of carbonyl (C=O) groups is 1. The number of nitrogens with zero attached hydrogens (tertiary/aromatic N) is 1. The zero-order valence-corrected chi connectivity index (χ0v) is 9.72. The van der Waals surface area contributed by atoms with Gasteiger partial charge in [-0.05, 0) is 25.5 Å². The number of hydrogen-bond donors (Lipinski definition) is 1. The van der Waals surface area contributed by atoms with Gasteiger partial charge in [-0.2, -0.15) is 11.8 Å². The van der Waals surface area contributed by atoms with Crippen molar-refractivity contribution in [3.63, 3.8) is 0 Å². The first-order chi connectivity index (χ1) is 6.66. The molecule has 0 bridgehead atoms. The van der Waals surface area contributed by atoms with Crippen LogP contribution in [0.3, 0.4) is 0 Å². The molecule has 0 saturated heterocycles. The van der Waals surface area contributed by atoms with E-state index in [1.807, 2.05) is 11.8 Å². The van der Waals surface area contributed by atoms with Crippen molar-refractivity contribution in [1.29, 1.82) is 0 Å². The van der Waals surface area contributed by atoms with Crippen molar-refractivity contribution in [1.82, 2.24) is 4.90 Å². The summed E-state index contributed by atoms with van der Waals surface area (Å²) < 4.78 is 0. The fourth-order valence-electron chi connectivity index (χ4n) is 1.55. The lowest BCUT2D eigenvalue weighted by Gasteiger charge is -2.25. The Morgan fingerprint density at radius 3 is 2.71 bits per heavy atom. The zero-order chi connectivity index (χ0) is 10.6. The lowest BCUT2D eigenvalue weighted by atomic mass is 10.3. The summed E-state index contributed by atoms with van der Waals surface area (Å²) in [5, 5.41) is 8.94. The van der Waals surface area contributed by atoms with Crippen LogP contribution >= 0.6 is 11.8 Å². The van der Waals surface area contributed by atoms with Crippen molar-refractivity contribution in [3.8, 4) is 0 Å². The van der Waals surface area contributed by atoms with E-state index in [2.05, 4.69) is 11.8 Å². The van der Waals surface area contributed by atoms with Gasteiger partial charge in [0.2, 0.25) is 0 Å². The Hall–Kier alpha value is -0.220. The average Bonchev–Trinajstić information content (AvgIpc) is 2.95. The molecule has 14 heavy (non-hydrogen) atoms. The van der Waals surface area contributed by atoms with Crippen LogP contribution in [0.2, 0.25) is 0 Å². The zero-order valence-electron chi connectivity index (χ0n) is 8.90. The third-order valence-corrected chi connectivity index (χ3v) is 3.45. The van der Waals surface area contributed by atoms with Gasteiger partial charge in [-0.25, -0.2) is 0 Å². The van der Waals surface area contributed by atoms with Crippen LogP contribution in [0.5, 0.6) is 0 Å². The molecule has 0 heterocycles. The molecule has 1 N–H and O–H groups in total. The number of rotatable bonds is 7. The maximum Gasteiger partial charge on any atom is 0.320 e. The van der Waals surface area contributed by atoms with Gasteiger partial charge in [-0.15, -0.1) is 0 Å². The van der Waals surface area contributed by atoms with E-state index in [-0.39, 0.29) is 6.04 Å². The molecule has 82 valence electrons. The van der Waals surface area contributed by atoms with Gasteiger partial charge in [0, 0.05) is 18.3 Å². The summed E-state index contributed by atoms with van der Waals surface area (Å²) in [6.07, 6.45) is 2.35. The first-order valence-electron chi connectivity index (χ1n) is 5.23. The predicted octanol–water partition coefficient (Wildman–Crippen LogP) is 1.68. The molecule has 0 amide bonds. The Morgan fingerprint density at radius 2 is 2.29 bits per heavy atom. The fraction of sp³-hybridized carbons (Fsp3) is 0.900. The number of thioether (sulfide) groups is 1. The quantitative estimate of drug-likeness (QED) is 0.659. The number of aliphatic carboxylic acids is 1. The van der Waals surface area contributed by atoms with Gasteiger partial charge < -0.3 is 5.11 Å². The summed E-state index contributed by atoms with van der Waals surface area (Å²) in [5.41, 5.74) is 0. The Labute approximate surface area is 89.9 Å². The molecule has 1 atom stereocenters. The van der Waals surface area contributed by atoms with E-state index in [1.165, 1.54) is 12.8 Å². The highest BCUT2D eigenvalue weighted by molar-refractivity contribution is 7.99. The summed E-state index contributed by atoms with van der Waals surface area (Å²) in [4.78, 5) is 13.0. The molecule has 0 spiro atoms. The molecule has 3 nitrogen and oxygen atoms in total. The Balaban J connectivity index is 2.34. The van der Waals surface area contributed by atoms with Gasteiger partial charge in [0.05, 0.1) is 0 Å². The highest BCUT2D eigenvalue weighted by Crippen LogP contribution is 2.28. The Bertz CT molecular complexity index is 195. The first-order valence-corrected chi connectivity index (χ1v) is 6.38. The largest absolute Gasteiger partial charge is 0.480 e. The van der Waals surface area contributed by atoms with Crippen LogP contribution in [0.1, 0.15) is 26.7 Å². The van der Waals surface area contributed by atoms with E-state index < -0.39 is 5.97 Å². The van der Waals surface area contributed by atoms with Gasteiger partial charge >= 0.3 is 5.97 Å². The van der Waals surface area contributed by atoms with E-state index >= 15 is 0 Å².